The van der Waals surface area contributed by atoms with Crippen molar-refractivity contribution in [2.75, 3.05) is 18.5 Å². The molecule has 1 N–H and O–H groups in total. The van der Waals surface area contributed by atoms with E-state index in [2.05, 4.69) is 42.3 Å². The molecule has 0 saturated carbocycles. The maximum atomic E-state index is 5.76. The van der Waals surface area contributed by atoms with Crippen LogP contribution >= 0.6 is 0 Å². The fourth-order valence-corrected chi connectivity index (χ4v) is 3.00. The Morgan fingerprint density at radius 1 is 0.880 bits per heavy atom. The minimum absolute atomic E-state index is 0.589. The molecule has 4 nitrogen and oxygen atoms in total. The predicted octanol–water partition coefficient (Wildman–Crippen LogP) is 5.39. The molecule has 130 valence electrons. The SMILES string of the molecule is CCOc1cc2nccc(Nc3cc(C)cc(C)c3)c2cc1OCC. The van der Waals surface area contributed by atoms with Crippen molar-refractivity contribution in [1.82, 2.24) is 4.98 Å². The molecule has 0 fully saturated rings. The van der Waals surface area contributed by atoms with Crippen LogP contribution in [0.2, 0.25) is 0 Å². The lowest BCUT2D eigenvalue weighted by atomic mass is 10.1. The van der Waals surface area contributed by atoms with Crippen LogP contribution in [-0.2, 0) is 0 Å². The van der Waals surface area contributed by atoms with Crippen LogP contribution in [-0.4, -0.2) is 18.2 Å². The van der Waals surface area contributed by atoms with Crippen molar-refractivity contribution in [3.63, 3.8) is 0 Å². The summed E-state index contributed by atoms with van der Waals surface area (Å²) in [6.07, 6.45) is 1.81. The van der Waals surface area contributed by atoms with Gasteiger partial charge in [-0.1, -0.05) is 6.07 Å². The van der Waals surface area contributed by atoms with Gasteiger partial charge in [0.1, 0.15) is 0 Å². The van der Waals surface area contributed by atoms with Gasteiger partial charge in [-0.15, -0.1) is 0 Å². The van der Waals surface area contributed by atoms with Crippen LogP contribution in [0.15, 0.2) is 42.6 Å². The fraction of sp³-hybridized carbons (Fsp3) is 0.286. The van der Waals surface area contributed by atoms with Crippen LogP contribution in [0.4, 0.5) is 11.4 Å². The molecule has 4 heteroatoms. The van der Waals surface area contributed by atoms with Crippen molar-refractivity contribution >= 4 is 22.3 Å². The standard InChI is InChI=1S/C21H24N2O2/c1-5-24-20-12-17-18(23-16-10-14(3)9-15(4)11-16)7-8-22-19(17)13-21(20)25-6-2/h7-13H,5-6H2,1-4H3,(H,22,23). The maximum Gasteiger partial charge on any atom is 0.163 e. The summed E-state index contributed by atoms with van der Waals surface area (Å²) in [4.78, 5) is 4.49. The summed E-state index contributed by atoms with van der Waals surface area (Å²) in [6, 6.07) is 12.4. The summed E-state index contributed by atoms with van der Waals surface area (Å²) in [5.74, 6) is 1.47. The lowest BCUT2D eigenvalue weighted by molar-refractivity contribution is 0.288. The first-order chi connectivity index (χ1) is 12.1. The second kappa shape index (κ2) is 7.43. The van der Waals surface area contributed by atoms with Crippen LogP contribution in [0, 0.1) is 13.8 Å². The topological polar surface area (TPSA) is 43.4 Å². The molecule has 0 spiro atoms. The van der Waals surface area contributed by atoms with Gasteiger partial charge in [0, 0.05) is 29.0 Å². The molecular formula is C21H24N2O2. The van der Waals surface area contributed by atoms with Crippen molar-refractivity contribution in [2.45, 2.75) is 27.7 Å². The Hall–Kier alpha value is -2.75. The van der Waals surface area contributed by atoms with Gasteiger partial charge in [0.15, 0.2) is 11.5 Å². The molecule has 0 radical (unpaired) electrons. The number of fused-ring (bicyclic) bond motifs is 1. The Morgan fingerprint density at radius 3 is 2.16 bits per heavy atom. The predicted molar refractivity (Wildman–Crippen MR) is 103 cm³/mol. The molecule has 0 aliphatic rings. The summed E-state index contributed by atoms with van der Waals surface area (Å²) in [5.41, 5.74) is 5.40. The van der Waals surface area contributed by atoms with Gasteiger partial charge in [0.2, 0.25) is 0 Å². The Bertz CT molecular complexity index is 870. The normalized spacial score (nSPS) is 10.7. The Morgan fingerprint density at radius 2 is 1.52 bits per heavy atom. The lowest BCUT2D eigenvalue weighted by Gasteiger charge is -2.15. The van der Waals surface area contributed by atoms with Crippen molar-refractivity contribution in [3.05, 3.63) is 53.7 Å². The molecular weight excluding hydrogens is 312 g/mol. The first-order valence-corrected chi connectivity index (χ1v) is 8.64. The number of ether oxygens (including phenoxy) is 2. The first-order valence-electron chi connectivity index (χ1n) is 8.64. The molecule has 3 rings (SSSR count). The van der Waals surface area contributed by atoms with Gasteiger partial charge >= 0.3 is 0 Å². The molecule has 0 amide bonds. The zero-order valence-electron chi connectivity index (χ0n) is 15.2. The van der Waals surface area contributed by atoms with Gasteiger partial charge in [-0.25, -0.2) is 0 Å². The van der Waals surface area contributed by atoms with Crippen LogP contribution in [0.5, 0.6) is 11.5 Å². The van der Waals surface area contributed by atoms with Crippen LogP contribution in [0.1, 0.15) is 25.0 Å². The van der Waals surface area contributed by atoms with E-state index in [0.29, 0.717) is 13.2 Å². The zero-order valence-corrected chi connectivity index (χ0v) is 15.2. The molecule has 1 heterocycles. The highest BCUT2D eigenvalue weighted by molar-refractivity contribution is 5.95. The molecule has 0 aliphatic heterocycles. The summed E-state index contributed by atoms with van der Waals surface area (Å²) in [6.45, 7) is 9.32. The zero-order chi connectivity index (χ0) is 17.8. The number of nitrogens with zero attached hydrogens (tertiary/aromatic N) is 1. The second-order valence-corrected chi connectivity index (χ2v) is 6.04. The highest BCUT2D eigenvalue weighted by Crippen LogP contribution is 2.36. The van der Waals surface area contributed by atoms with Gasteiger partial charge in [-0.05, 0) is 63.1 Å². The van der Waals surface area contributed by atoms with E-state index in [1.807, 2.05) is 38.2 Å². The first kappa shape index (κ1) is 17.1. The van der Waals surface area contributed by atoms with Crippen LogP contribution in [0.25, 0.3) is 10.9 Å². The summed E-state index contributed by atoms with van der Waals surface area (Å²) in [5, 5.41) is 4.52. The van der Waals surface area contributed by atoms with Gasteiger partial charge in [0.05, 0.1) is 18.7 Å². The fourth-order valence-electron chi connectivity index (χ4n) is 3.00. The van der Waals surface area contributed by atoms with E-state index in [4.69, 9.17) is 9.47 Å². The minimum atomic E-state index is 0.589. The third kappa shape index (κ3) is 3.85. The van der Waals surface area contributed by atoms with E-state index >= 15 is 0 Å². The van der Waals surface area contributed by atoms with E-state index in [0.717, 1.165) is 33.8 Å². The Labute approximate surface area is 148 Å². The maximum absolute atomic E-state index is 5.76. The number of hydrogen-bond donors (Lipinski definition) is 1. The number of aryl methyl sites for hydroxylation is 2. The molecule has 0 bridgehead atoms. The summed E-state index contributed by atoms with van der Waals surface area (Å²) < 4.78 is 11.5. The van der Waals surface area contributed by atoms with Crippen molar-refractivity contribution < 1.29 is 9.47 Å². The quantitative estimate of drug-likeness (QED) is 0.655. The minimum Gasteiger partial charge on any atom is -0.490 e. The van der Waals surface area contributed by atoms with E-state index in [-0.39, 0.29) is 0 Å². The molecule has 25 heavy (non-hydrogen) atoms. The lowest BCUT2D eigenvalue weighted by Crippen LogP contribution is -2.00. The van der Waals surface area contributed by atoms with Crippen LogP contribution < -0.4 is 14.8 Å². The number of nitrogens with one attached hydrogen (secondary N) is 1. The largest absolute Gasteiger partial charge is 0.490 e. The second-order valence-electron chi connectivity index (χ2n) is 6.04. The van der Waals surface area contributed by atoms with Gasteiger partial charge < -0.3 is 14.8 Å². The number of pyridine rings is 1. The van der Waals surface area contributed by atoms with Gasteiger partial charge in [-0.3, -0.25) is 4.98 Å². The molecule has 0 unspecified atom stereocenters. The van der Waals surface area contributed by atoms with E-state index < -0.39 is 0 Å². The molecule has 2 aromatic carbocycles. The monoisotopic (exact) mass is 336 g/mol. The van der Waals surface area contributed by atoms with Gasteiger partial charge in [-0.2, -0.15) is 0 Å². The number of rotatable bonds is 6. The summed E-state index contributed by atoms with van der Waals surface area (Å²) in [7, 11) is 0. The van der Waals surface area contributed by atoms with Crippen LogP contribution in [0.3, 0.4) is 0 Å². The molecule has 0 atom stereocenters. The summed E-state index contributed by atoms with van der Waals surface area (Å²) >= 11 is 0. The average Bonchev–Trinajstić information content (AvgIpc) is 2.55. The number of aromatic nitrogens is 1. The van der Waals surface area contributed by atoms with Crippen molar-refractivity contribution in [3.8, 4) is 11.5 Å². The Balaban J connectivity index is 2.07. The molecule has 1 aromatic heterocycles. The number of hydrogen-bond acceptors (Lipinski definition) is 4. The van der Waals surface area contributed by atoms with Crippen molar-refractivity contribution in [2.24, 2.45) is 0 Å². The average molecular weight is 336 g/mol. The smallest absolute Gasteiger partial charge is 0.163 e. The van der Waals surface area contributed by atoms with E-state index in [9.17, 15) is 0 Å². The third-order valence-electron chi connectivity index (χ3n) is 3.91. The van der Waals surface area contributed by atoms with Crippen molar-refractivity contribution in [1.29, 1.82) is 0 Å². The highest BCUT2D eigenvalue weighted by atomic mass is 16.5. The number of anilines is 2. The number of benzene rings is 2. The molecule has 0 saturated heterocycles. The third-order valence-corrected chi connectivity index (χ3v) is 3.91. The molecule has 0 aliphatic carbocycles. The molecule has 3 aromatic rings. The van der Waals surface area contributed by atoms with Gasteiger partial charge in [0.25, 0.3) is 0 Å². The van der Waals surface area contributed by atoms with E-state index in [1.54, 1.807) is 0 Å². The van der Waals surface area contributed by atoms with E-state index in [1.165, 1.54) is 11.1 Å². The highest BCUT2D eigenvalue weighted by Gasteiger charge is 2.11. The Kier molecular flexibility index (Phi) is 5.08.